The van der Waals surface area contributed by atoms with Crippen LogP contribution in [-0.4, -0.2) is 27.1 Å². The Morgan fingerprint density at radius 3 is 2.97 bits per heavy atom. The third kappa shape index (κ3) is 3.34. The molecule has 2 aliphatic carbocycles. The minimum Gasteiger partial charge on any atom is -0.313 e. The second kappa shape index (κ2) is 7.29. The number of hydrogen-bond donors (Lipinski definition) is 1. The van der Waals surface area contributed by atoms with Crippen LogP contribution in [0.15, 0.2) is 47.7 Å². The van der Waals surface area contributed by atoms with Crippen molar-refractivity contribution in [3.05, 3.63) is 69.2 Å². The van der Waals surface area contributed by atoms with Crippen molar-refractivity contribution in [2.75, 3.05) is 6.54 Å². The molecule has 0 saturated heterocycles. The van der Waals surface area contributed by atoms with Gasteiger partial charge in [0.25, 0.3) is 5.56 Å². The van der Waals surface area contributed by atoms with E-state index in [2.05, 4.69) is 27.4 Å². The minimum absolute atomic E-state index is 0.0787. The summed E-state index contributed by atoms with van der Waals surface area (Å²) in [6, 6.07) is 10.7. The van der Waals surface area contributed by atoms with E-state index in [0.717, 1.165) is 58.4 Å². The van der Waals surface area contributed by atoms with E-state index in [9.17, 15) is 4.79 Å². The maximum Gasteiger partial charge on any atom is 0.262 e. The summed E-state index contributed by atoms with van der Waals surface area (Å²) >= 11 is 1.71. The largest absolute Gasteiger partial charge is 0.313 e. The van der Waals surface area contributed by atoms with Crippen LogP contribution >= 0.6 is 11.3 Å². The molecule has 1 aromatic carbocycles. The number of fused-ring (bicyclic) bond motifs is 4. The number of aryl methyl sites for hydroxylation is 1. The molecule has 1 saturated carbocycles. The molecule has 3 aromatic heterocycles. The summed E-state index contributed by atoms with van der Waals surface area (Å²) < 4.78 is 1.73. The molecule has 3 heterocycles. The van der Waals surface area contributed by atoms with Crippen LogP contribution in [0, 0.1) is 5.92 Å². The minimum atomic E-state index is 0.0787. The van der Waals surface area contributed by atoms with E-state index in [1.54, 1.807) is 22.2 Å². The summed E-state index contributed by atoms with van der Waals surface area (Å²) in [7, 11) is 0. The normalized spacial score (nSPS) is 18.7. The molecule has 4 aromatic rings. The third-order valence-electron chi connectivity index (χ3n) is 6.43. The number of para-hydroxylation sites is 1. The molecule has 5 nitrogen and oxygen atoms in total. The maximum atomic E-state index is 13.3. The second-order valence-corrected chi connectivity index (χ2v) is 9.77. The lowest BCUT2D eigenvalue weighted by molar-refractivity contribution is 0.453. The molecule has 1 unspecified atom stereocenters. The zero-order valence-corrected chi connectivity index (χ0v) is 17.6. The molecule has 0 radical (unpaired) electrons. The van der Waals surface area contributed by atoms with Gasteiger partial charge in [0, 0.05) is 22.5 Å². The van der Waals surface area contributed by atoms with E-state index in [-0.39, 0.29) is 5.56 Å². The van der Waals surface area contributed by atoms with E-state index in [1.807, 2.05) is 24.4 Å². The average molecular weight is 417 g/mol. The van der Waals surface area contributed by atoms with Gasteiger partial charge < -0.3 is 5.32 Å². The third-order valence-corrected chi connectivity index (χ3v) is 7.59. The van der Waals surface area contributed by atoms with E-state index in [1.165, 1.54) is 23.3 Å². The van der Waals surface area contributed by atoms with Gasteiger partial charge in [-0.25, -0.2) is 4.98 Å². The fraction of sp³-hybridized carbons (Fsp3) is 0.375. The van der Waals surface area contributed by atoms with Gasteiger partial charge in [0.2, 0.25) is 0 Å². The lowest BCUT2D eigenvalue weighted by atomic mass is 9.93. The van der Waals surface area contributed by atoms with Crippen molar-refractivity contribution in [2.24, 2.45) is 5.92 Å². The first-order valence-electron chi connectivity index (χ1n) is 10.8. The van der Waals surface area contributed by atoms with Crippen molar-refractivity contribution in [3.63, 3.8) is 0 Å². The summed E-state index contributed by atoms with van der Waals surface area (Å²) in [6.45, 7) is 1.64. The Bertz CT molecular complexity index is 1300. The highest BCUT2D eigenvalue weighted by Gasteiger charge is 2.27. The molecule has 1 fully saturated rings. The quantitative estimate of drug-likeness (QED) is 0.536. The maximum absolute atomic E-state index is 13.3. The van der Waals surface area contributed by atoms with Crippen molar-refractivity contribution in [1.29, 1.82) is 0 Å². The predicted molar refractivity (Wildman–Crippen MR) is 121 cm³/mol. The van der Waals surface area contributed by atoms with Gasteiger partial charge in [-0.05, 0) is 67.8 Å². The van der Waals surface area contributed by atoms with Crippen molar-refractivity contribution < 1.29 is 0 Å². The molecular weight excluding hydrogens is 392 g/mol. The van der Waals surface area contributed by atoms with Gasteiger partial charge in [0.15, 0.2) is 0 Å². The van der Waals surface area contributed by atoms with Crippen LogP contribution in [0.4, 0.5) is 0 Å². The second-order valence-electron chi connectivity index (χ2n) is 8.69. The van der Waals surface area contributed by atoms with Gasteiger partial charge in [-0.2, -0.15) is 0 Å². The molecule has 6 heteroatoms. The van der Waals surface area contributed by atoms with E-state index < -0.39 is 0 Å². The molecule has 0 amide bonds. The van der Waals surface area contributed by atoms with Crippen molar-refractivity contribution in [2.45, 2.75) is 44.7 Å². The highest BCUT2D eigenvalue weighted by molar-refractivity contribution is 7.18. The summed E-state index contributed by atoms with van der Waals surface area (Å²) in [6.07, 6.45) is 9.42. The van der Waals surface area contributed by atoms with Crippen LogP contribution < -0.4 is 10.9 Å². The number of thiophene rings is 1. The molecule has 0 spiro atoms. The standard InChI is InChI=1S/C24H24N4OS/c29-24-22-19-8-7-18(25-11-15-5-6-15)10-21(19)30-23(22)27-14-28(24)13-16-9-17-3-1-2-4-20(17)26-12-16/h1-4,9,12,14-15,18,25H,5-8,10-11,13H2. The van der Waals surface area contributed by atoms with E-state index >= 15 is 0 Å². The Labute approximate surface area is 178 Å². The molecule has 1 N–H and O–H groups in total. The average Bonchev–Trinajstić information content (AvgIpc) is 3.53. The fourth-order valence-corrected chi connectivity index (χ4v) is 5.80. The summed E-state index contributed by atoms with van der Waals surface area (Å²) in [5.41, 5.74) is 3.31. The highest BCUT2D eigenvalue weighted by Crippen LogP contribution is 2.34. The molecule has 2 aliphatic rings. The molecule has 152 valence electrons. The monoisotopic (exact) mass is 416 g/mol. The van der Waals surface area contributed by atoms with Gasteiger partial charge in [-0.1, -0.05) is 18.2 Å². The van der Waals surface area contributed by atoms with Crippen LogP contribution in [-0.2, 0) is 19.4 Å². The van der Waals surface area contributed by atoms with Gasteiger partial charge in [-0.3, -0.25) is 14.3 Å². The van der Waals surface area contributed by atoms with Gasteiger partial charge in [-0.15, -0.1) is 11.3 Å². The van der Waals surface area contributed by atoms with Crippen LogP contribution in [0.1, 0.15) is 35.3 Å². The Morgan fingerprint density at radius 1 is 1.17 bits per heavy atom. The zero-order valence-electron chi connectivity index (χ0n) is 16.8. The Balaban J connectivity index is 1.30. The molecule has 6 rings (SSSR count). The van der Waals surface area contributed by atoms with Crippen molar-refractivity contribution >= 4 is 32.5 Å². The first-order valence-corrected chi connectivity index (χ1v) is 11.6. The number of aromatic nitrogens is 3. The number of pyridine rings is 1. The van der Waals surface area contributed by atoms with E-state index in [0.29, 0.717) is 12.6 Å². The van der Waals surface area contributed by atoms with Crippen LogP contribution in [0.2, 0.25) is 0 Å². The summed E-state index contributed by atoms with van der Waals surface area (Å²) in [4.78, 5) is 24.8. The van der Waals surface area contributed by atoms with Crippen LogP contribution in [0.5, 0.6) is 0 Å². The van der Waals surface area contributed by atoms with Crippen LogP contribution in [0.3, 0.4) is 0 Å². The first kappa shape index (κ1) is 18.2. The number of rotatable bonds is 5. The number of nitrogens with one attached hydrogen (secondary N) is 1. The van der Waals surface area contributed by atoms with Crippen molar-refractivity contribution in [3.8, 4) is 0 Å². The predicted octanol–water partition coefficient (Wildman–Crippen LogP) is 3.91. The van der Waals surface area contributed by atoms with E-state index in [4.69, 9.17) is 0 Å². The fourth-order valence-electron chi connectivity index (χ4n) is 4.54. The molecule has 1 atom stereocenters. The topological polar surface area (TPSA) is 59.8 Å². The Hall–Kier alpha value is -2.57. The molecule has 0 bridgehead atoms. The highest BCUT2D eigenvalue weighted by atomic mass is 32.1. The van der Waals surface area contributed by atoms with Gasteiger partial charge >= 0.3 is 0 Å². The number of hydrogen-bond acceptors (Lipinski definition) is 5. The number of benzene rings is 1. The lowest BCUT2D eigenvalue weighted by Gasteiger charge is -2.23. The van der Waals surface area contributed by atoms with Crippen LogP contribution in [0.25, 0.3) is 21.1 Å². The molecule has 30 heavy (non-hydrogen) atoms. The number of nitrogens with zero attached hydrogens (tertiary/aromatic N) is 3. The van der Waals surface area contributed by atoms with Gasteiger partial charge in [0.05, 0.1) is 23.8 Å². The Kier molecular flexibility index (Phi) is 4.43. The summed E-state index contributed by atoms with van der Waals surface area (Å²) in [5, 5.41) is 5.67. The smallest absolute Gasteiger partial charge is 0.262 e. The van der Waals surface area contributed by atoms with Gasteiger partial charge in [0.1, 0.15) is 4.83 Å². The molecule has 0 aliphatic heterocycles. The summed E-state index contributed by atoms with van der Waals surface area (Å²) in [5.74, 6) is 0.896. The first-order chi connectivity index (χ1) is 14.7. The lowest BCUT2D eigenvalue weighted by Crippen LogP contribution is -2.35. The van der Waals surface area contributed by atoms with Crippen molar-refractivity contribution in [1.82, 2.24) is 19.9 Å². The SMILES string of the molecule is O=c1c2c3c(sc2ncn1Cc1cnc2ccccc2c1)CC(NCC1CC1)CC3. The Morgan fingerprint density at radius 2 is 2.07 bits per heavy atom. The zero-order chi connectivity index (χ0) is 20.1. The molecular formula is C24H24N4OS.